The lowest BCUT2D eigenvalue weighted by Gasteiger charge is -2.18. The highest BCUT2D eigenvalue weighted by molar-refractivity contribution is 6.30. The van der Waals surface area contributed by atoms with E-state index in [2.05, 4.69) is 39.9 Å². The van der Waals surface area contributed by atoms with Crippen molar-refractivity contribution in [2.24, 2.45) is 0 Å². The minimum absolute atomic E-state index is 0.285. The van der Waals surface area contributed by atoms with Gasteiger partial charge in [0.2, 0.25) is 0 Å². The fourth-order valence-electron chi connectivity index (χ4n) is 4.05. The van der Waals surface area contributed by atoms with Gasteiger partial charge in [-0.05, 0) is 129 Å². The summed E-state index contributed by atoms with van der Waals surface area (Å²) in [5.74, 6) is 2.11. The zero-order chi connectivity index (χ0) is 24.4. The van der Waals surface area contributed by atoms with E-state index in [4.69, 9.17) is 20.8 Å². The topological polar surface area (TPSA) is 51.5 Å². The molecule has 0 fully saturated rings. The van der Waals surface area contributed by atoms with Crippen molar-refractivity contribution in [3.8, 4) is 11.5 Å². The molecule has 0 aliphatic carbocycles. The van der Waals surface area contributed by atoms with Gasteiger partial charge in [0.1, 0.15) is 17.3 Å². The van der Waals surface area contributed by atoms with Gasteiger partial charge in [-0.2, -0.15) is 0 Å². The number of rotatable bonds is 6. The molecule has 3 aromatic carbocycles. The van der Waals surface area contributed by atoms with Crippen LogP contribution in [0.15, 0.2) is 65.1 Å². The number of ether oxygens (including phenoxy) is 1. The Hall–Kier alpha value is -3.50. The lowest BCUT2D eigenvalue weighted by Crippen LogP contribution is -2.10. The smallest absolute Gasteiger partial charge is 0.291 e. The number of amides is 1. The van der Waals surface area contributed by atoms with Gasteiger partial charge in [-0.1, -0.05) is 11.6 Å². The van der Waals surface area contributed by atoms with Crippen molar-refractivity contribution in [3.05, 3.63) is 111 Å². The summed E-state index contributed by atoms with van der Waals surface area (Å²) in [6.07, 6.45) is 0.656. The molecule has 1 aromatic heterocycles. The summed E-state index contributed by atoms with van der Waals surface area (Å²) in [6.45, 7) is 10.8. The molecule has 174 valence electrons. The number of nitrogens with one attached hydrogen (secondary N) is 1. The van der Waals surface area contributed by atoms with Crippen LogP contribution in [0.2, 0.25) is 5.02 Å². The van der Waals surface area contributed by atoms with Crippen LogP contribution in [0.1, 0.15) is 49.7 Å². The van der Waals surface area contributed by atoms with E-state index in [0.717, 1.165) is 5.76 Å². The van der Waals surface area contributed by atoms with E-state index in [1.54, 1.807) is 54.6 Å². The highest BCUT2D eigenvalue weighted by atomic mass is 35.5. The molecule has 0 bridgehead atoms. The highest BCUT2D eigenvalue weighted by Crippen LogP contribution is 2.29. The minimum atomic E-state index is -0.290. The summed E-state index contributed by atoms with van der Waals surface area (Å²) in [5, 5.41) is 3.53. The molecule has 4 aromatic rings. The molecular weight excluding hydrogens is 446 g/mol. The van der Waals surface area contributed by atoms with Crippen LogP contribution >= 0.6 is 11.6 Å². The Kier molecular flexibility index (Phi) is 6.80. The Balaban J connectivity index is 1.42. The van der Waals surface area contributed by atoms with Crippen LogP contribution < -0.4 is 10.1 Å². The Morgan fingerprint density at radius 3 is 1.88 bits per heavy atom. The molecular formula is C29H28ClNO3. The number of hydrogen-bond donors (Lipinski definition) is 1. The largest absolute Gasteiger partial charge is 0.457 e. The number of carbonyl (C=O) groups excluding carboxylic acids is 1. The zero-order valence-corrected chi connectivity index (χ0v) is 20.8. The molecule has 0 atom stereocenters. The molecule has 4 nitrogen and oxygen atoms in total. The SMILES string of the molecule is Cc1c(C)c(C)c(Cc2ccc(C(=O)Nc3ccc(Oc4ccc(Cl)cc4)cc3)o2)c(C)c1C. The Morgan fingerprint density at radius 1 is 0.765 bits per heavy atom. The summed E-state index contributed by atoms with van der Waals surface area (Å²) < 4.78 is 11.7. The van der Waals surface area contributed by atoms with E-state index in [1.807, 2.05) is 6.07 Å². The first-order valence-corrected chi connectivity index (χ1v) is 11.6. The lowest BCUT2D eigenvalue weighted by atomic mass is 9.88. The van der Waals surface area contributed by atoms with Crippen molar-refractivity contribution < 1.29 is 13.9 Å². The first-order chi connectivity index (χ1) is 16.2. The van der Waals surface area contributed by atoms with Crippen molar-refractivity contribution in [2.45, 2.75) is 41.0 Å². The van der Waals surface area contributed by atoms with Gasteiger partial charge in [0.05, 0.1) is 0 Å². The molecule has 5 heteroatoms. The average Bonchev–Trinajstić information content (AvgIpc) is 3.31. The second-order valence-electron chi connectivity index (χ2n) is 8.58. The van der Waals surface area contributed by atoms with Crippen molar-refractivity contribution in [2.75, 3.05) is 5.32 Å². The van der Waals surface area contributed by atoms with Gasteiger partial charge in [-0.25, -0.2) is 0 Å². The van der Waals surface area contributed by atoms with Crippen LogP contribution in [0.4, 0.5) is 5.69 Å². The molecule has 0 spiro atoms. The first kappa shape index (κ1) is 23.7. The van der Waals surface area contributed by atoms with Gasteiger partial charge in [0, 0.05) is 17.1 Å². The average molecular weight is 474 g/mol. The molecule has 0 aliphatic rings. The number of halogens is 1. The molecule has 0 saturated heterocycles. The van der Waals surface area contributed by atoms with E-state index in [-0.39, 0.29) is 11.7 Å². The quantitative estimate of drug-likeness (QED) is 0.307. The maximum absolute atomic E-state index is 12.7. The molecule has 1 heterocycles. The summed E-state index contributed by atoms with van der Waals surface area (Å²) in [6, 6.07) is 17.9. The van der Waals surface area contributed by atoms with Crippen LogP contribution in [0.25, 0.3) is 0 Å². The monoisotopic (exact) mass is 473 g/mol. The van der Waals surface area contributed by atoms with Gasteiger partial charge in [0.25, 0.3) is 5.91 Å². The zero-order valence-electron chi connectivity index (χ0n) is 20.1. The van der Waals surface area contributed by atoms with E-state index >= 15 is 0 Å². The van der Waals surface area contributed by atoms with Gasteiger partial charge in [-0.3, -0.25) is 4.79 Å². The second kappa shape index (κ2) is 9.78. The fourth-order valence-corrected chi connectivity index (χ4v) is 4.18. The Bertz CT molecular complexity index is 1310. The third-order valence-electron chi connectivity index (χ3n) is 6.55. The maximum atomic E-state index is 12.7. The van der Waals surface area contributed by atoms with Gasteiger partial charge < -0.3 is 14.5 Å². The van der Waals surface area contributed by atoms with E-state index < -0.39 is 0 Å². The predicted octanol–water partition coefficient (Wildman–Crippen LogP) is 8.11. The summed E-state index contributed by atoms with van der Waals surface area (Å²) in [7, 11) is 0. The normalized spacial score (nSPS) is 10.9. The lowest BCUT2D eigenvalue weighted by molar-refractivity contribution is 0.0995. The molecule has 0 unspecified atom stereocenters. The number of benzene rings is 3. The van der Waals surface area contributed by atoms with Gasteiger partial charge in [0.15, 0.2) is 5.76 Å². The minimum Gasteiger partial charge on any atom is -0.457 e. The third kappa shape index (κ3) is 5.02. The summed E-state index contributed by atoms with van der Waals surface area (Å²) in [4.78, 5) is 12.7. The van der Waals surface area contributed by atoms with Crippen LogP contribution in [0, 0.1) is 34.6 Å². The van der Waals surface area contributed by atoms with Crippen LogP contribution in [-0.2, 0) is 6.42 Å². The first-order valence-electron chi connectivity index (χ1n) is 11.2. The highest BCUT2D eigenvalue weighted by Gasteiger charge is 2.16. The van der Waals surface area contributed by atoms with Crippen molar-refractivity contribution in [3.63, 3.8) is 0 Å². The fraction of sp³-hybridized carbons (Fsp3) is 0.207. The molecule has 0 saturated carbocycles. The third-order valence-corrected chi connectivity index (χ3v) is 6.81. The predicted molar refractivity (Wildman–Crippen MR) is 138 cm³/mol. The van der Waals surface area contributed by atoms with Gasteiger partial charge in [-0.15, -0.1) is 0 Å². The molecule has 0 aliphatic heterocycles. The number of furan rings is 1. The van der Waals surface area contributed by atoms with Crippen molar-refractivity contribution >= 4 is 23.2 Å². The summed E-state index contributed by atoms with van der Waals surface area (Å²) in [5.41, 5.74) is 8.44. The van der Waals surface area contributed by atoms with E-state index in [0.29, 0.717) is 28.6 Å². The Labute approximate surface area is 205 Å². The molecule has 4 rings (SSSR count). The van der Waals surface area contributed by atoms with Crippen LogP contribution in [-0.4, -0.2) is 5.91 Å². The second-order valence-corrected chi connectivity index (χ2v) is 9.02. The molecule has 0 radical (unpaired) electrons. The number of hydrogen-bond acceptors (Lipinski definition) is 3. The van der Waals surface area contributed by atoms with Crippen molar-refractivity contribution in [1.29, 1.82) is 0 Å². The molecule has 1 N–H and O–H groups in total. The Morgan fingerprint density at radius 2 is 1.29 bits per heavy atom. The van der Waals surface area contributed by atoms with Gasteiger partial charge >= 0.3 is 0 Å². The van der Waals surface area contributed by atoms with Crippen LogP contribution in [0.5, 0.6) is 11.5 Å². The standard InChI is InChI=1S/C29H28ClNO3/c1-17-18(2)20(4)27(21(5)19(17)3)16-26-14-15-28(34-26)29(32)31-23-8-12-25(13-9-23)33-24-10-6-22(30)7-11-24/h6-15H,16H2,1-5H3,(H,31,32). The van der Waals surface area contributed by atoms with E-state index in [1.165, 1.54) is 33.4 Å². The maximum Gasteiger partial charge on any atom is 0.291 e. The number of carbonyl (C=O) groups is 1. The van der Waals surface area contributed by atoms with Crippen molar-refractivity contribution in [1.82, 2.24) is 0 Å². The molecule has 34 heavy (non-hydrogen) atoms. The summed E-state index contributed by atoms with van der Waals surface area (Å²) >= 11 is 5.90. The molecule has 1 amide bonds. The van der Waals surface area contributed by atoms with Crippen LogP contribution in [0.3, 0.4) is 0 Å². The number of anilines is 1. The van der Waals surface area contributed by atoms with E-state index in [9.17, 15) is 4.79 Å².